The molecular formula is C28H28N2O. The number of nitrogens with zero attached hydrogens (tertiary/aromatic N) is 1. The lowest BCUT2D eigenvalue weighted by Gasteiger charge is -2.51. The Morgan fingerprint density at radius 2 is 1.81 bits per heavy atom. The predicted molar refractivity (Wildman–Crippen MR) is 125 cm³/mol. The number of likely N-dealkylation sites (tertiary alicyclic amines) is 1. The van der Waals surface area contributed by atoms with Gasteiger partial charge in [-0.05, 0) is 66.6 Å². The van der Waals surface area contributed by atoms with E-state index in [1.165, 1.54) is 33.3 Å². The van der Waals surface area contributed by atoms with E-state index in [1.54, 1.807) is 6.07 Å². The number of phenols is 1. The van der Waals surface area contributed by atoms with E-state index < -0.39 is 0 Å². The fraction of sp³-hybridized carbons (Fsp3) is 0.286. The molecule has 1 aromatic heterocycles. The maximum Gasteiger partial charge on any atom is 0.115 e. The molecule has 2 unspecified atom stereocenters. The van der Waals surface area contributed by atoms with Gasteiger partial charge in [0.05, 0.1) is 0 Å². The third-order valence-corrected chi connectivity index (χ3v) is 7.65. The molecule has 0 bridgehead atoms. The zero-order valence-electron chi connectivity index (χ0n) is 17.7. The van der Waals surface area contributed by atoms with Crippen LogP contribution in [0.1, 0.15) is 28.8 Å². The number of aromatic hydroxyl groups is 1. The molecule has 3 nitrogen and oxygen atoms in total. The molecule has 1 aliphatic heterocycles. The van der Waals surface area contributed by atoms with Gasteiger partial charge in [-0.15, -0.1) is 0 Å². The van der Waals surface area contributed by atoms with E-state index in [9.17, 15) is 5.11 Å². The number of aromatic amines is 1. The zero-order valence-corrected chi connectivity index (χ0v) is 17.7. The first-order valence-electron chi connectivity index (χ1n) is 11.4. The zero-order chi connectivity index (χ0) is 20.8. The van der Waals surface area contributed by atoms with E-state index in [0.717, 1.165) is 38.9 Å². The van der Waals surface area contributed by atoms with Gasteiger partial charge in [-0.2, -0.15) is 0 Å². The summed E-state index contributed by atoms with van der Waals surface area (Å²) in [6.45, 7) is 3.17. The highest BCUT2D eigenvalue weighted by molar-refractivity contribution is 5.85. The molecule has 4 aromatic rings. The maximum atomic E-state index is 10.3. The molecule has 0 radical (unpaired) electrons. The molecule has 3 aromatic carbocycles. The number of piperidine rings is 1. The summed E-state index contributed by atoms with van der Waals surface area (Å²) in [5, 5.41) is 11.6. The lowest BCUT2D eigenvalue weighted by atomic mass is 9.58. The molecule has 1 aliphatic carbocycles. The number of benzene rings is 3. The van der Waals surface area contributed by atoms with Gasteiger partial charge >= 0.3 is 0 Å². The molecule has 156 valence electrons. The summed E-state index contributed by atoms with van der Waals surface area (Å²) >= 11 is 0. The van der Waals surface area contributed by atoms with E-state index in [0.29, 0.717) is 11.7 Å². The van der Waals surface area contributed by atoms with Crippen molar-refractivity contribution in [1.29, 1.82) is 0 Å². The number of H-pyrrole nitrogens is 1. The van der Waals surface area contributed by atoms with Crippen molar-refractivity contribution < 1.29 is 5.11 Å². The Labute approximate surface area is 183 Å². The van der Waals surface area contributed by atoms with Gasteiger partial charge in [0.1, 0.15) is 5.75 Å². The van der Waals surface area contributed by atoms with E-state index in [2.05, 4.69) is 70.5 Å². The summed E-state index contributed by atoms with van der Waals surface area (Å²) in [6.07, 6.45) is 3.22. The van der Waals surface area contributed by atoms with Crippen LogP contribution in [0.2, 0.25) is 0 Å². The van der Waals surface area contributed by atoms with Gasteiger partial charge in [0.15, 0.2) is 0 Å². The van der Waals surface area contributed by atoms with Crippen LogP contribution >= 0.6 is 0 Å². The minimum atomic E-state index is 0.0693. The number of para-hydroxylation sites is 1. The van der Waals surface area contributed by atoms with Crippen molar-refractivity contribution in [2.75, 3.05) is 13.1 Å². The number of nitrogens with one attached hydrogen (secondary N) is 1. The molecule has 1 saturated heterocycles. The molecule has 2 atom stereocenters. The molecule has 31 heavy (non-hydrogen) atoms. The monoisotopic (exact) mass is 408 g/mol. The fourth-order valence-electron chi connectivity index (χ4n) is 6.12. The number of aromatic nitrogens is 1. The van der Waals surface area contributed by atoms with Crippen molar-refractivity contribution >= 4 is 10.9 Å². The molecule has 2 heterocycles. The van der Waals surface area contributed by atoms with Crippen LogP contribution in [0.25, 0.3) is 10.9 Å². The minimum Gasteiger partial charge on any atom is -0.508 e. The third kappa shape index (κ3) is 3.16. The molecule has 6 rings (SSSR count). The Morgan fingerprint density at radius 1 is 0.968 bits per heavy atom. The predicted octanol–water partition coefficient (Wildman–Crippen LogP) is 5.43. The molecule has 0 amide bonds. The van der Waals surface area contributed by atoms with Gasteiger partial charge in [-0.3, -0.25) is 4.90 Å². The Hall–Kier alpha value is -3.04. The molecule has 0 spiro atoms. The normalized spacial score (nSPS) is 23.4. The number of rotatable bonds is 3. The highest BCUT2D eigenvalue weighted by Crippen LogP contribution is 2.49. The summed E-state index contributed by atoms with van der Waals surface area (Å²) in [5.74, 6) is 0.901. The van der Waals surface area contributed by atoms with Crippen LogP contribution in [0, 0.1) is 5.92 Å². The van der Waals surface area contributed by atoms with Crippen molar-refractivity contribution in [2.24, 2.45) is 5.92 Å². The smallest absolute Gasteiger partial charge is 0.115 e. The van der Waals surface area contributed by atoms with Crippen LogP contribution in [0.4, 0.5) is 0 Å². The molecule has 2 N–H and O–H groups in total. The standard InChI is InChI=1S/C28H28N2O/c31-23-10-6-9-21(15-23)28-13-14-30(18-20-7-2-1-3-8-20)19-22(28)16-25-24-11-4-5-12-26(24)29-27(25)17-28/h1-12,15,22,29,31H,13-14,16-19H2. The molecule has 2 aliphatic rings. The van der Waals surface area contributed by atoms with Gasteiger partial charge in [0.2, 0.25) is 0 Å². The number of hydrogen-bond acceptors (Lipinski definition) is 2. The van der Waals surface area contributed by atoms with Gasteiger partial charge in [0, 0.05) is 35.1 Å². The summed E-state index contributed by atoms with van der Waals surface area (Å²) in [5.41, 5.74) is 6.88. The average molecular weight is 409 g/mol. The van der Waals surface area contributed by atoms with E-state index in [-0.39, 0.29) is 5.41 Å². The highest BCUT2D eigenvalue weighted by Gasteiger charge is 2.48. The summed E-state index contributed by atoms with van der Waals surface area (Å²) in [6, 6.07) is 27.6. The number of fused-ring (bicyclic) bond motifs is 4. The molecular weight excluding hydrogens is 380 g/mol. The second-order valence-electron chi connectivity index (χ2n) is 9.38. The number of phenolic OH excluding ortho intramolecular Hbond substituents is 1. The van der Waals surface area contributed by atoms with Crippen LogP contribution in [0.3, 0.4) is 0 Å². The van der Waals surface area contributed by atoms with Gasteiger partial charge < -0.3 is 10.1 Å². The van der Waals surface area contributed by atoms with Gasteiger partial charge in [-0.1, -0.05) is 60.7 Å². The average Bonchev–Trinajstić information content (AvgIpc) is 3.15. The quantitative estimate of drug-likeness (QED) is 0.474. The Balaban J connectivity index is 1.40. The van der Waals surface area contributed by atoms with Gasteiger partial charge in [0.25, 0.3) is 0 Å². The van der Waals surface area contributed by atoms with Crippen molar-refractivity contribution in [2.45, 2.75) is 31.2 Å². The largest absolute Gasteiger partial charge is 0.508 e. The van der Waals surface area contributed by atoms with Crippen molar-refractivity contribution in [3.8, 4) is 5.75 Å². The van der Waals surface area contributed by atoms with Crippen LogP contribution in [0.15, 0.2) is 78.9 Å². The SMILES string of the molecule is Oc1cccc(C23CCN(Cc4ccccc4)CC2Cc2c([nH]c4ccccc24)C3)c1. The van der Waals surface area contributed by atoms with Crippen molar-refractivity contribution in [3.05, 3.63) is 101 Å². The second kappa shape index (κ2) is 7.28. The first-order chi connectivity index (χ1) is 15.2. The summed E-state index contributed by atoms with van der Waals surface area (Å²) in [4.78, 5) is 6.36. The van der Waals surface area contributed by atoms with E-state index >= 15 is 0 Å². The van der Waals surface area contributed by atoms with E-state index in [1.807, 2.05) is 12.1 Å². The lowest BCUT2D eigenvalue weighted by Crippen LogP contribution is -2.53. The Bertz CT molecular complexity index is 1230. The van der Waals surface area contributed by atoms with Gasteiger partial charge in [-0.25, -0.2) is 0 Å². The van der Waals surface area contributed by atoms with E-state index in [4.69, 9.17) is 0 Å². The van der Waals surface area contributed by atoms with Crippen LogP contribution in [-0.4, -0.2) is 28.1 Å². The first-order valence-corrected chi connectivity index (χ1v) is 11.4. The molecule has 0 saturated carbocycles. The topological polar surface area (TPSA) is 39.3 Å². The summed E-state index contributed by atoms with van der Waals surface area (Å²) in [7, 11) is 0. The maximum absolute atomic E-state index is 10.3. The van der Waals surface area contributed by atoms with Crippen LogP contribution in [0.5, 0.6) is 5.75 Å². The third-order valence-electron chi connectivity index (χ3n) is 7.65. The highest BCUT2D eigenvalue weighted by atomic mass is 16.3. The minimum absolute atomic E-state index is 0.0693. The van der Waals surface area contributed by atoms with Crippen molar-refractivity contribution in [3.63, 3.8) is 0 Å². The first kappa shape index (κ1) is 18.7. The van der Waals surface area contributed by atoms with Crippen molar-refractivity contribution in [1.82, 2.24) is 9.88 Å². The summed E-state index contributed by atoms with van der Waals surface area (Å²) < 4.78 is 0. The van der Waals surface area contributed by atoms with Crippen LogP contribution in [-0.2, 0) is 24.8 Å². The molecule has 3 heteroatoms. The van der Waals surface area contributed by atoms with Crippen LogP contribution < -0.4 is 0 Å². The fourth-order valence-corrected chi connectivity index (χ4v) is 6.12. The number of hydrogen-bond donors (Lipinski definition) is 2. The second-order valence-corrected chi connectivity index (χ2v) is 9.38. The molecule has 1 fully saturated rings. The Kier molecular flexibility index (Phi) is 4.39. The lowest BCUT2D eigenvalue weighted by molar-refractivity contribution is 0.0765. The Morgan fingerprint density at radius 3 is 2.68 bits per heavy atom.